The minimum absolute atomic E-state index is 0.0904. The molecule has 3 aromatic heterocycles. The maximum absolute atomic E-state index is 12.4. The highest BCUT2D eigenvalue weighted by Gasteiger charge is 2.18. The molecule has 3 aromatic rings. The van der Waals surface area contributed by atoms with Gasteiger partial charge in [0.05, 0.1) is 0 Å². The van der Waals surface area contributed by atoms with Gasteiger partial charge in [0, 0.05) is 32.7 Å². The highest BCUT2D eigenvalue weighted by Crippen LogP contribution is 2.18. The van der Waals surface area contributed by atoms with E-state index in [0.717, 1.165) is 25.8 Å². The molecule has 2 amide bonds. The fourth-order valence-electron chi connectivity index (χ4n) is 4.11. The summed E-state index contributed by atoms with van der Waals surface area (Å²) >= 11 is 11.7. The number of hydrogen-bond acceptors (Lipinski definition) is 18. The molecule has 0 aliphatic rings. The number of nitrogens with two attached hydrogens (primary N) is 6. The lowest BCUT2D eigenvalue weighted by atomic mass is 10.2. The molecule has 0 aliphatic carbocycles. The molecule has 0 aliphatic heterocycles. The first-order chi connectivity index (χ1) is 24.9. The molecule has 0 saturated heterocycles. The molecule has 3 heterocycles. The summed E-state index contributed by atoms with van der Waals surface area (Å²) in [5.74, 6) is -0.958. The molecule has 0 aromatic carbocycles. The summed E-state index contributed by atoms with van der Waals surface area (Å²) in [4.78, 5) is 61.7. The molecule has 0 saturated carbocycles. The van der Waals surface area contributed by atoms with Crippen molar-refractivity contribution in [3.05, 3.63) is 21.7 Å². The Kier molecular flexibility index (Phi) is 16.3. The quantitative estimate of drug-likeness (QED) is 0.0451. The molecular formula is C28H44Cl2N20O2. The lowest BCUT2D eigenvalue weighted by Crippen LogP contribution is -2.38. The summed E-state index contributed by atoms with van der Waals surface area (Å²) in [6.07, 6.45) is 5.83. The van der Waals surface area contributed by atoms with E-state index in [1.54, 1.807) is 0 Å². The number of halogens is 2. The van der Waals surface area contributed by atoms with Gasteiger partial charge in [-0.3, -0.25) is 30.2 Å². The smallest absolute Gasteiger partial charge is 0.280 e. The molecule has 282 valence electrons. The van der Waals surface area contributed by atoms with Crippen molar-refractivity contribution in [3.63, 3.8) is 0 Å². The number of aromatic nitrogens is 7. The Bertz CT molecular complexity index is 1620. The van der Waals surface area contributed by atoms with Crippen molar-refractivity contribution >= 4 is 88.1 Å². The van der Waals surface area contributed by atoms with Gasteiger partial charge < -0.3 is 50.4 Å². The van der Waals surface area contributed by atoms with Crippen LogP contribution in [-0.4, -0.2) is 91.3 Å². The van der Waals surface area contributed by atoms with Crippen LogP contribution in [0.25, 0.3) is 0 Å². The van der Waals surface area contributed by atoms with Gasteiger partial charge in [-0.05, 0) is 32.1 Å². The van der Waals surface area contributed by atoms with Gasteiger partial charge in [0.1, 0.15) is 0 Å². The van der Waals surface area contributed by atoms with Gasteiger partial charge in [-0.15, -0.1) is 0 Å². The highest BCUT2D eigenvalue weighted by atomic mass is 35.5. The van der Waals surface area contributed by atoms with Crippen molar-refractivity contribution in [3.8, 4) is 0 Å². The zero-order valence-corrected chi connectivity index (χ0v) is 30.1. The van der Waals surface area contributed by atoms with Gasteiger partial charge in [0.25, 0.3) is 11.8 Å². The van der Waals surface area contributed by atoms with Crippen LogP contribution in [0.15, 0.2) is 9.98 Å². The third-order valence-corrected chi connectivity index (χ3v) is 7.28. The van der Waals surface area contributed by atoms with E-state index in [-0.39, 0.29) is 56.9 Å². The number of aliphatic imine (C=N–C) groups is 2. The number of carbonyl (C=O) groups excluding carboxylic acids is 2. The molecule has 0 bridgehead atoms. The van der Waals surface area contributed by atoms with Crippen LogP contribution in [0.3, 0.4) is 0 Å². The Hall–Kier alpha value is -5.77. The number of nitrogens with zero attached hydrogens (tertiary/aromatic N) is 9. The first kappa shape index (κ1) is 40.7. The van der Waals surface area contributed by atoms with Gasteiger partial charge in [0.2, 0.25) is 17.8 Å². The van der Waals surface area contributed by atoms with Gasteiger partial charge in [-0.2, -0.15) is 15.0 Å². The topological polar surface area (TPSA) is 365 Å². The van der Waals surface area contributed by atoms with E-state index < -0.39 is 11.8 Å². The predicted molar refractivity (Wildman–Crippen MR) is 203 cm³/mol. The lowest BCUT2D eigenvalue weighted by molar-refractivity contribution is 0.0964. The van der Waals surface area contributed by atoms with Crippen LogP contribution in [0.2, 0.25) is 10.3 Å². The number of amides is 2. The minimum atomic E-state index is -0.712. The Morgan fingerprint density at radius 1 is 0.558 bits per heavy atom. The third kappa shape index (κ3) is 13.5. The van der Waals surface area contributed by atoms with E-state index in [1.165, 1.54) is 0 Å². The summed E-state index contributed by atoms with van der Waals surface area (Å²) in [5, 5.41) is 14.1. The molecular weight excluding hydrogens is 719 g/mol. The van der Waals surface area contributed by atoms with Crippen molar-refractivity contribution in [2.45, 2.75) is 51.9 Å². The molecule has 0 fully saturated rings. The molecule has 0 atom stereocenters. The molecule has 22 nitrogen and oxygen atoms in total. The number of carbonyl (C=O) groups is 2. The zero-order valence-electron chi connectivity index (χ0n) is 28.5. The van der Waals surface area contributed by atoms with Crippen molar-refractivity contribution in [2.75, 3.05) is 71.6 Å². The SMILES string of the molecule is CCCCCNc1nc(NCCCCN=C(N)NC(=O)c2nc(Cl)c(N)nc2N)nc(NCCCCN=C(N)NC(=O)c2nc(Cl)c(N)nc2N)n1. The maximum Gasteiger partial charge on any atom is 0.280 e. The normalized spacial score (nSPS) is 11.6. The number of nitrogen functional groups attached to an aromatic ring is 4. The molecule has 24 heteroatoms. The first-order valence-electron chi connectivity index (χ1n) is 16.2. The van der Waals surface area contributed by atoms with Crippen molar-refractivity contribution in [1.82, 2.24) is 45.5 Å². The number of rotatable bonds is 19. The first-order valence-corrected chi connectivity index (χ1v) is 17.0. The second-order valence-corrected chi connectivity index (χ2v) is 11.6. The highest BCUT2D eigenvalue weighted by molar-refractivity contribution is 6.32. The fraction of sp³-hybridized carbons (Fsp3) is 0.464. The summed E-state index contributed by atoms with van der Waals surface area (Å²) in [7, 11) is 0. The van der Waals surface area contributed by atoms with Crippen LogP contribution < -0.4 is 61.0 Å². The lowest BCUT2D eigenvalue weighted by Gasteiger charge is -2.11. The minimum Gasteiger partial charge on any atom is -0.382 e. The number of hydrogen-bond donors (Lipinski definition) is 11. The predicted octanol–water partition coefficient (Wildman–Crippen LogP) is 0.563. The summed E-state index contributed by atoms with van der Waals surface area (Å²) in [6, 6.07) is 0. The molecule has 17 N–H and O–H groups in total. The molecule has 52 heavy (non-hydrogen) atoms. The van der Waals surface area contributed by atoms with Gasteiger partial charge >= 0.3 is 0 Å². The second kappa shape index (κ2) is 20.8. The van der Waals surface area contributed by atoms with Crippen LogP contribution in [0.1, 0.15) is 72.8 Å². The van der Waals surface area contributed by atoms with E-state index in [0.29, 0.717) is 69.7 Å². The Morgan fingerprint density at radius 2 is 0.923 bits per heavy atom. The average molecular weight is 764 g/mol. The Balaban J connectivity index is 1.44. The van der Waals surface area contributed by atoms with Crippen LogP contribution in [0.4, 0.5) is 41.1 Å². The summed E-state index contributed by atoms with van der Waals surface area (Å²) < 4.78 is 0. The number of guanidine groups is 2. The molecule has 0 spiro atoms. The standard InChI is InChI=1S/C28H44Cl2N20O2/c1-2-3-4-11-39-26-48-27(40-12-7-5-9-37-24(35)46-22(51)14-18(31)44-20(33)16(29)42-14)50-28(49-26)41-13-8-6-10-38-25(36)47-23(52)15-19(32)45-21(34)17(30)43-15/h2-13H2,1H3,(H4,31,33,44)(H4,32,34,45)(H3,35,37,46,51)(H3,36,38,47,52)(H3,39,40,41,48,49,50). The maximum atomic E-state index is 12.4. The molecule has 0 radical (unpaired) electrons. The third-order valence-electron chi connectivity index (χ3n) is 6.72. The number of unbranched alkanes of at least 4 members (excludes halogenated alkanes) is 4. The zero-order chi connectivity index (χ0) is 38.0. The summed E-state index contributed by atoms with van der Waals surface area (Å²) in [5.41, 5.74) is 33.7. The van der Waals surface area contributed by atoms with Crippen molar-refractivity contribution in [1.29, 1.82) is 0 Å². The van der Waals surface area contributed by atoms with Crippen LogP contribution in [0, 0.1) is 0 Å². The number of anilines is 7. The van der Waals surface area contributed by atoms with E-state index in [9.17, 15) is 9.59 Å². The van der Waals surface area contributed by atoms with E-state index in [2.05, 4.69) is 78.4 Å². The Morgan fingerprint density at radius 3 is 1.29 bits per heavy atom. The van der Waals surface area contributed by atoms with Crippen molar-refractivity contribution < 1.29 is 9.59 Å². The van der Waals surface area contributed by atoms with E-state index in [4.69, 9.17) is 57.6 Å². The van der Waals surface area contributed by atoms with Gasteiger partial charge in [-0.1, -0.05) is 43.0 Å². The van der Waals surface area contributed by atoms with Crippen LogP contribution >= 0.6 is 23.2 Å². The van der Waals surface area contributed by atoms with E-state index in [1.807, 2.05) is 0 Å². The average Bonchev–Trinajstić information content (AvgIpc) is 3.09. The number of nitrogens with one attached hydrogen (secondary N) is 5. The van der Waals surface area contributed by atoms with Crippen LogP contribution in [-0.2, 0) is 0 Å². The largest absolute Gasteiger partial charge is 0.382 e. The monoisotopic (exact) mass is 762 g/mol. The van der Waals surface area contributed by atoms with E-state index >= 15 is 0 Å². The molecule has 3 rings (SSSR count). The summed E-state index contributed by atoms with van der Waals surface area (Å²) in [6.45, 7) is 4.61. The molecule has 0 unspecified atom stereocenters. The van der Waals surface area contributed by atoms with Crippen molar-refractivity contribution in [2.24, 2.45) is 21.5 Å². The van der Waals surface area contributed by atoms with Gasteiger partial charge in [-0.25, -0.2) is 19.9 Å². The Labute approximate surface area is 309 Å². The second-order valence-electron chi connectivity index (χ2n) is 10.9. The van der Waals surface area contributed by atoms with Crippen LogP contribution in [0.5, 0.6) is 0 Å². The fourth-order valence-corrected chi connectivity index (χ4v) is 4.36. The van der Waals surface area contributed by atoms with Gasteiger partial charge in [0.15, 0.2) is 56.9 Å².